The SMILES string of the molecule is CS(=O)(=O)c1ccc(-c2noc(C3(c4ncccc4F)CC3)n2)cc1. The van der Waals surface area contributed by atoms with Gasteiger partial charge in [-0.15, -0.1) is 0 Å². The maximum Gasteiger partial charge on any atom is 0.239 e. The molecule has 1 saturated carbocycles. The van der Waals surface area contributed by atoms with E-state index in [9.17, 15) is 12.8 Å². The molecule has 0 unspecified atom stereocenters. The highest BCUT2D eigenvalue weighted by Gasteiger charge is 2.53. The molecule has 8 heteroatoms. The van der Waals surface area contributed by atoms with Crippen molar-refractivity contribution in [1.29, 1.82) is 0 Å². The molecule has 1 aliphatic carbocycles. The molecule has 0 N–H and O–H groups in total. The molecule has 1 fully saturated rings. The van der Waals surface area contributed by atoms with Crippen LogP contribution in [0.3, 0.4) is 0 Å². The average Bonchev–Trinajstić information content (AvgIpc) is 3.23. The van der Waals surface area contributed by atoms with Crippen LogP contribution < -0.4 is 0 Å². The number of nitrogens with zero attached hydrogens (tertiary/aromatic N) is 3. The van der Waals surface area contributed by atoms with Crippen molar-refractivity contribution in [3.63, 3.8) is 0 Å². The zero-order chi connectivity index (χ0) is 17.7. The number of sulfone groups is 1. The standard InChI is InChI=1S/C17H14FN3O3S/c1-25(22,23)12-6-4-11(5-7-12)15-20-16(24-21-15)17(8-9-17)14-13(18)3-2-10-19-14/h2-7,10H,8-9H2,1H3. The van der Waals surface area contributed by atoms with Crippen molar-refractivity contribution in [2.45, 2.75) is 23.2 Å². The number of aromatic nitrogens is 3. The Kier molecular flexibility index (Phi) is 3.47. The van der Waals surface area contributed by atoms with Crippen molar-refractivity contribution < 1.29 is 17.3 Å². The molecular formula is C17H14FN3O3S. The van der Waals surface area contributed by atoms with Gasteiger partial charge in [0.25, 0.3) is 0 Å². The van der Waals surface area contributed by atoms with E-state index >= 15 is 0 Å². The van der Waals surface area contributed by atoms with E-state index in [0.29, 0.717) is 35.8 Å². The molecule has 2 heterocycles. The van der Waals surface area contributed by atoms with E-state index < -0.39 is 21.1 Å². The Labute approximate surface area is 143 Å². The highest BCUT2D eigenvalue weighted by molar-refractivity contribution is 7.90. The summed E-state index contributed by atoms with van der Waals surface area (Å²) in [6.07, 6.45) is 4.07. The second-order valence-corrected chi connectivity index (χ2v) is 8.15. The normalized spacial score (nSPS) is 15.9. The fourth-order valence-electron chi connectivity index (χ4n) is 2.80. The van der Waals surface area contributed by atoms with Gasteiger partial charge in [0.05, 0.1) is 16.0 Å². The number of benzene rings is 1. The molecule has 25 heavy (non-hydrogen) atoms. The summed E-state index contributed by atoms with van der Waals surface area (Å²) >= 11 is 0. The van der Waals surface area contributed by atoms with Crippen molar-refractivity contribution in [2.24, 2.45) is 0 Å². The Morgan fingerprint density at radius 3 is 2.48 bits per heavy atom. The lowest BCUT2D eigenvalue weighted by Gasteiger charge is -2.09. The second kappa shape index (κ2) is 5.45. The Morgan fingerprint density at radius 1 is 1.16 bits per heavy atom. The van der Waals surface area contributed by atoms with Crippen LogP contribution in [0.1, 0.15) is 24.4 Å². The molecule has 2 aromatic heterocycles. The number of hydrogen-bond acceptors (Lipinski definition) is 6. The second-order valence-electron chi connectivity index (χ2n) is 6.14. The fourth-order valence-corrected chi connectivity index (χ4v) is 3.43. The molecular weight excluding hydrogens is 345 g/mol. The summed E-state index contributed by atoms with van der Waals surface area (Å²) in [5, 5.41) is 3.95. The van der Waals surface area contributed by atoms with Gasteiger partial charge in [0.15, 0.2) is 9.84 Å². The maximum atomic E-state index is 14.1. The summed E-state index contributed by atoms with van der Waals surface area (Å²) in [4.78, 5) is 8.75. The van der Waals surface area contributed by atoms with Crippen LogP contribution in [0.4, 0.5) is 4.39 Å². The fraction of sp³-hybridized carbons (Fsp3) is 0.235. The third-order valence-corrected chi connectivity index (χ3v) is 5.47. The summed E-state index contributed by atoms with van der Waals surface area (Å²) in [5.74, 6) is 0.266. The van der Waals surface area contributed by atoms with E-state index in [4.69, 9.17) is 4.52 Å². The third-order valence-electron chi connectivity index (χ3n) is 4.34. The van der Waals surface area contributed by atoms with E-state index in [-0.39, 0.29) is 4.90 Å². The molecule has 0 aliphatic heterocycles. The van der Waals surface area contributed by atoms with E-state index in [1.807, 2.05) is 0 Å². The van der Waals surface area contributed by atoms with Crippen LogP contribution in [-0.2, 0) is 15.3 Å². The highest BCUT2D eigenvalue weighted by atomic mass is 32.2. The number of rotatable bonds is 4. The van der Waals surface area contributed by atoms with Gasteiger partial charge in [-0.3, -0.25) is 4.98 Å². The first-order valence-electron chi connectivity index (χ1n) is 7.66. The van der Waals surface area contributed by atoms with Gasteiger partial charge < -0.3 is 4.52 Å². The Bertz CT molecular complexity index is 1040. The molecule has 0 radical (unpaired) electrons. The lowest BCUT2D eigenvalue weighted by atomic mass is 10.0. The topological polar surface area (TPSA) is 86.0 Å². The van der Waals surface area contributed by atoms with Crippen LogP contribution in [0.5, 0.6) is 0 Å². The average molecular weight is 359 g/mol. The minimum Gasteiger partial charge on any atom is -0.338 e. The molecule has 1 aromatic carbocycles. The van der Waals surface area contributed by atoms with Crippen molar-refractivity contribution in [3.8, 4) is 11.4 Å². The zero-order valence-corrected chi connectivity index (χ0v) is 14.1. The summed E-state index contributed by atoms with van der Waals surface area (Å²) in [7, 11) is -3.26. The molecule has 0 atom stereocenters. The molecule has 128 valence electrons. The molecule has 3 aromatic rings. The Morgan fingerprint density at radius 2 is 1.88 bits per heavy atom. The van der Waals surface area contributed by atoms with Crippen molar-refractivity contribution >= 4 is 9.84 Å². The molecule has 6 nitrogen and oxygen atoms in total. The van der Waals surface area contributed by atoms with Gasteiger partial charge in [-0.25, -0.2) is 12.8 Å². The van der Waals surface area contributed by atoms with Gasteiger partial charge in [0.2, 0.25) is 11.7 Å². The van der Waals surface area contributed by atoms with Crippen LogP contribution in [0.15, 0.2) is 52.0 Å². The van der Waals surface area contributed by atoms with Gasteiger partial charge >= 0.3 is 0 Å². The Hall–Kier alpha value is -2.61. The number of hydrogen-bond donors (Lipinski definition) is 0. The largest absolute Gasteiger partial charge is 0.338 e. The monoisotopic (exact) mass is 359 g/mol. The van der Waals surface area contributed by atoms with Crippen LogP contribution >= 0.6 is 0 Å². The van der Waals surface area contributed by atoms with Crippen LogP contribution in [-0.4, -0.2) is 29.8 Å². The number of halogens is 1. The van der Waals surface area contributed by atoms with Gasteiger partial charge in [0, 0.05) is 18.0 Å². The van der Waals surface area contributed by atoms with E-state index in [1.165, 1.54) is 24.3 Å². The highest BCUT2D eigenvalue weighted by Crippen LogP contribution is 2.52. The van der Waals surface area contributed by atoms with Crippen LogP contribution in [0.25, 0.3) is 11.4 Å². The first-order chi connectivity index (χ1) is 11.9. The lowest BCUT2D eigenvalue weighted by Crippen LogP contribution is -2.13. The first kappa shape index (κ1) is 15.9. The van der Waals surface area contributed by atoms with Crippen molar-refractivity contribution in [2.75, 3.05) is 6.26 Å². The van der Waals surface area contributed by atoms with Gasteiger partial charge in [-0.05, 0) is 49.2 Å². The van der Waals surface area contributed by atoms with Gasteiger partial charge in [0.1, 0.15) is 5.82 Å². The van der Waals surface area contributed by atoms with Crippen LogP contribution in [0, 0.1) is 5.82 Å². The van der Waals surface area contributed by atoms with E-state index in [2.05, 4.69) is 15.1 Å². The van der Waals surface area contributed by atoms with E-state index in [0.717, 1.165) is 6.26 Å². The smallest absolute Gasteiger partial charge is 0.239 e. The molecule has 0 amide bonds. The first-order valence-corrected chi connectivity index (χ1v) is 9.55. The van der Waals surface area contributed by atoms with Crippen molar-refractivity contribution in [3.05, 3.63) is 60.0 Å². The van der Waals surface area contributed by atoms with Gasteiger partial charge in [-0.1, -0.05) is 5.16 Å². The predicted octanol–water partition coefficient (Wildman–Crippen LogP) is 2.75. The minimum atomic E-state index is -3.26. The molecule has 0 saturated heterocycles. The summed E-state index contributed by atoms with van der Waals surface area (Å²) in [6.45, 7) is 0. The van der Waals surface area contributed by atoms with Crippen molar-refractivity contribution in [1.82, 2.24) is 15.1 Å². The number of pyridine rings is 1. The quantitative estimate of drug-likeness (QED) is 0.712. The van der Waals surface area contributed by atoms with Crippen LogP contribution in [0.2, 0.25) is 0 Å². The summed E-state index contributed by atoms with van der Waals surface area (Å²) in [6, 6.07) is 9.12. The third kappa shape index (κ3) is 2.72. The minimum absolute atomic E-state index is 0.217. The van der Waals surface area contributed by atoms with Gasteiger partial charge in [-0.2, -0.15) is 4.98 Å². The Balaban J connectivity index is 1.68. The predicted molar refractivity (Wildman–Crippen MR) is 87.1 cm³/mol. The molecule has 1 aliphatic rings. The lowest BCUT2D eigenvalue weighted by molar-refractivity contribution is 0.354. The molecule has 0 bridgehead atoms. The summed E-state index contributed by atoms with van der Waals surface area (Å²) < 4.78 is 42.5. The maximum absolute atomic E-state index is 14.1. The van der Waals surface area contributed by atoms with E-state index in [1.54, 1.807) is 18.3 Å². The summed E-state index contributed by atoms with van der Waals surface area (Å²) in [5.41, 5.74) is 0.279. The molecule has 4 rings (SSSR count). The molecule has 0 spiro atoms. The zero-order valence-electron chi connectivity index (χ0n) is 13.3.